The third-order valence-electron chi connectivity index (χ3n) is 5.70. The highest BCUT2D eigenvalue weighted by atomic mass is 32.2. The number of nitrogens with zero attached hydrogens (tertiary/aromatic N) is 3. The molecule has 2 amide bonds. The van der Waals surface area contributed by atoms with Gasteiger partial charge in [0.2, 0.25) is 0 Å². The molecule has 1 heterocycles. The number of hydrogen-bond acceptors (Lipinski definition) is 5. The number of carbonyl (C=O) groups is 1. The van der Waals surface area contributed by atoms with Crippen LogP contribution in [0, 0.1) is 0 Å². The van der Waals surface area contributed by atoms with Crippen molar-refractivity contribution in [2.24, 2.45) is 7.05 Å². The van der Waals surface area contributed by atoms with Crippen LogP contribution in [0.3, 0.4) is 0 Å². The molecule has 4 rings (SSSR count). The molecule has 0 bridgehead atoms. The first-order chi connectivity index (χ1) is 14.4. The molecule has 2 N–H and O–H groups in total. The van der Waals surface area contributed by atoms with Gasteiger partial charge >= 0.3 is 16.2 Å². The molecule has 0 fully saturated rings. The third-order valence-corrected chi connectivity index (χ3v) is 7.12. The van der Waals surface area contributed by atoms with Crippen LogP contribution in [-0.2, 0) is 47.7 Å². The molecule has 0 aliphatic heterocycles. The van der Waals surface area contributed by atoms with Gasteiger partial charge in [0, 0.05) is 26.0 Å². The first-order valence-electron chi connectivity index (χ1n) is 10.1. The number of aryl methyl sites for hydroxylation is 3. The minimum absolute atomic E-state index is 0.0565. The number of benzene rings is 1. The van der Waals surface area contributed by atoms with Crippen molar-refractivity contribution < 1.29 is 17.9 Å². The van der Waals surface area contributed by atoms with E-state index in [1.165, 1.54) is 29.1 Å². The number of nitrogens with one attached hydrogen (secondary N) is 2. The summed E-state index contributed by atoms with van der Waals surface area (Å²) >= 11 is 0. The maximum atomic E-state index is 13.0. The molecule has 0 saturated heterocycles. The molecule has 2 aliphatic carbocycles. The minimum Gasteiger partial charge on any atom is -0.383 e. The monoisotopic (exact) mass is 433 g/mol. The number of ether oxygens (including phenoxy) is 1. The molecule has 1 aromatic carbocycles. The van der Waals surface area contributed by atoms with E-state index in [2.05, 4.69) is 21.2 Å². The van der Waals surface area contributed by atoms with Crippen molar-refractivity contribution >= 4 is 27.6 Å². The molecule has 0 spiro atoms. The Morgan fingerprint density at radius 2 is 1.87 bits per heavy atom. The van der Waals surface area contributed by atoms with Crippen LogP contribution in [0.4, 0.5) is 16.2 Å². The van der Waals surface area contributed by atoms with Crippen LogP contribution in [0.1, 0.15) is 35.1 Å². The summed E-state index contributed by atoms with van der Waals surface area (Å²) in [5, 5.41) is 6.88. The molecule has 0 radical (unpaired) electrons. The van der Waals surface area contributed by atoms with Crippen LogP contribution >= 0.6 is 0 Å². The fraction of sp³-hybridized carbons (Fsp3) is 0.500. The van der Waals surface area contributed by atoms with Crippen molar-refractivity contribution in [2.75, 3.05) is 29.9 Å². The number of hydrogen-bond donors (Lipinski definition) is 2. The SMILES string of the molecule is COCCN(c1cnn(C)c1)S(=O)(=O)NC(=O)Nc1c2c(cc3c1CCC3)CCC2. The van der Waals surface area contributed by atoms with Gasteiger partial charge < -0.3 is 10.1 Å². The number of urea groups is 1. The van der Waals surface area contributed by atoms with Crippen molar-refractivity contribution in [1.82, 2.24) is 14.5 Å². The van der Waals surface area contributed by atoms with Crippen molar-refractivity contribution in [3.63, 3.8) is 0 Å². The summed E-state index contributed by atoms with van der Waals surface area (Å²) in [6.45, 7) is 0.234. The van der Waals surface area contributed by atoms with Gasteiger partial charge in [-0.1, -0.05) is 6.07 Å². The van der Waals surface area contributed by atoms with E-state index in [0.717, 1.165) is 59.6 Å². The molecule has 0 saturated carbocycles. The Morgan fingerprint density at radius 3 is 2.43 bits per heavy atom. The van der Waals surface area contributed by atoms with Crippen LogP contribution in [0.2, 0.25) is 0 Å². The standard InChI is InChI=1S/C20H27N5O4S/c1-24-13-16(12-21-24)25(9-10-29-2)30(27,28)23-20(26)22-19-17-7-3-5-14(17)11-15-6-4-8-18(15)19/h11-13H,3-10H2,1-2H3,(H2,22,23,26). The zero-order valence-electron chi connectivity index (χ0n) is 17.3. The smallest absolute Gasteiger partial charge is 0.334 e. The Balaban J connectivity index is 1.56. The summed E-state index contributed by atoms with van der Waals surface area (Å²) < 4.78 is 35.7. The van der Waals surface area contributed by atoms with E-state index in [9.17, 15) is 13.2 Å². The second-order valence-corrected chi connectivity index (χ2v) is 9.33. The normalized spacial score (nSPS) is 15.0. The van der Waals surface area contributed by atoms with Gasteiger partial charge in [-0.15, -0.1) is 0 Å². The molecule has 162 valence electrons. The van der Waals surface area contributed by atoms with E-state index in [1.807, 2.05) is 0 Å². The Kier molecular flexibility index (Phi) is 5.70. The van der Waals surface area contributed by atoms with Gasteiger partial charge in [0.1, 0.15) is 0 Å². The number of rotatable bonds is 7. The highest BCUT2D eigenvalue weighted by Gasteiger charge is 2.28. The summed E-state index contributed by atoms with van der Waals surface area (Å²) in [4.78, 5) is 12.8. The van der Waals surface area contributed by atoms with E-state index in [1.54, 1.807) is 13.2 Å². The summed E-state index contributed by atoms with van der Waals surface area (Å²) in [6, 6.07) is 1.51. The maximum absolute atomic E-state index is 13.0. The average molecular weight is 434 g/mol. The topological polar surface area (TPSA) is 106 Å². The Morgan fingerprint density at radius 1 is 1.20 bits per heavy atom. The third kappa shape index (κ3) is 4.01. The predicted molar refractivity (Wildman–Crippen MR) is 114 cm³/mol. The van der Waals surface area contributed by atoms with Gasteiger partial charge in [-0.25, -0.2) is 13.8 Å². The summed E-state index contributed by atoms with van der Waals surface area (Å²) in [5.41, 5.74) is 5.99. The van der Waals surface area contributed by atoms with E-state index >= 15 is 0 Å². The number of anilines is 2. The zero-order valence-corrected chi connectivity index (χ0v) is 18.1. The highest BCUT2D eigenvalue weighted by molar-refractivity contribution is 7.91. The largest absolute Gasteiger partial charge is 0.383 e. The maximum Gasteiger partial charge on any atom is 0.334 e. The first-order valence-corrected chi connectivity index (χ1v) is 11.6. The molecule has 2 aromatic rings. The number of amides is 2. The van der Waals surface area contributed by atoms with Crippen molar-refractivity contribution in [1.29, 1.82) is 0 Å². The van der Waals surface area contributed by atoms with Crippen LogP contribution in [0.15, 0.2) is 18.5 Å². The number of aromatic nitrogens is 2. The predicted octanol–water partition coefficient (Wildman–Crippen LogP) is 1.92. The van der Waals surface area contributed by atoms with Gasteiger partial charge in [-0.3, -0.25) is 4.68 Å². The second kappa shape index (κ2) is 8.27. The van der Waals surface area contributed by atoms with Gasteiger partial charge in [-0.2, -0.15) is 13.5 Å². The number of methoxy groups -OCH3 is 1. The Labute approximate surface area is 176 Å². The average Bonchev–Trinajstić information content (AvgIpc) is 3.42. The molecule has 0 atom stereocenters. The summed E-state index contributed by atoms with van der Waals surface area (Å²) in [7, 11) is -0.957. The van der Waals surface area contributed by atoms with Gasteiger partial charge in [-0.05, 0) is 60.8 Å². The Bertz CT molecular complexity index is 1030. The van der Waals surface area contributed by atoms with Crippen molar-refractivity contribution in [3.05, 3.63) is 40.7 Å². The lowest BCUT2D eigenvalue weighted by atomic mass is 9.99. The van der Waals surface area contributed by atoms with Crippen molar-refractivity contribution in [3.8, 4) is 0 Å². The lowest BCUT2D eigenvalue weighted by molar-refractivity contribution is 0.208. The summed E-state index contributed by atoms with van der Waals surface area (Å²) in [5.74, 6) is 0. The number of fused-ring (bicyclic) bond motifs is 2. The van der Waals surface area contributed by atoms with Gasteiger partial charge in [0.25, 0.3) is 0 Å². The molecule has 2 aliphatic rings. The minimum atomic E-state index is -4.14. The van der Waals surface area contributed by atoms with Gasteiger partial charge in [0.15, 0.2) is 0 Å². The lowest BCUT2D eigenvalue weighted by Gasteiger charge is -2.23. The van der Waals surface area contributed by atoms with Crippen LogP contribution in [0.5, 0.6) is 0 Å². The quantitative estimate of drug-likeness (QED) is 0.694. The molecular formula is C20H27N5O4S. The molecular weight excluding hydrogens is 406 g/mol. The second-order valence-electron chi connectivity index (χ2n) is 7.73. The molecule has 10 heteroatoms. The molecule has 1 aromatic heterocycles. The number of carbonyl (C=O) groups excluding carboxylic acids is 1. The lowest BCUT2D eigenvalue weighted by Crippen LogP contribution is -2.46. The van der Waals surface area contributed by atoms with Crippen LogP contribution < -0.4 is 14.3 Å². The van der Waals surface area contributed by atoms with Crippen molar-refractivity contribution in [2.45, 2.75) is 38.5 Å². The van der Waals surface area contributed by atoms with Crippen LogP contribution in [-0.4, -0.2) is 44.5 Å². The fourth-order valence-corrected chi connectivity index (χ4v) is 5.46. The first kappa shape index (κ1) is 20.7. The van der Waals surface area contributed by atoms with Crippen LogP contribution in [0.25, 0.3) is 0 Å². The fourth-order valence-electron chi connectivity index (χ4n) is 4.38. The van der Waals surface area contributed by atoms with E-state index in [0.29, 0.717) is 5.69 Å². The molecule has 30 heavy (non-hydrogen) atoms. The van der Waals surface area contributed by atoms with E-state index < -0.39 is 16.2 Å². The van der Waals surface area contributed by atoms with E-state index in [-0.39, 0.29) is 13.2 Å². The summed E-state index contributed by atoms with van der Waals surface area (Å²) in [6.07, 6.45) is 8.93. The zero-order chi connectivity index (χ0) is 21.3. The Hall–Kier alpha value is -2.59. The van der Waals surface area contributed by atoms with E-state index in [4.69, 9.17) is 4.74 Å². The van der Waals surface area contributed by atoms with Gasteiger partial charge in [0.05, 0.1) is 25.0 Å². The molecule has 0 unspecified atom stereocenters. The molecule has 9 nitrogen and oxygen atoms in total. The highest BCUT2D eigenvalue weighted by Crippen LogP contribution is 2.38.